The molecule has 3 aromatic rings. The van der Waals surface area contributed by atoms with Gasteiger partial charge in [-0.1, -0.05) is 18.2 Å². The molecule has 0 radical (unpaired) electrons. The Bertz CT molecular complexity index is 1030. The first kappa shape index (κ1) is 21.3. The van der Waals surface area contributed by atoms with Gasteiger partial charge < -0.3 is 20.3 Å². The first-order chi connectivity index (χ1) is 15.0. The molecule has 0 saturated heterocycles. The standard InChI is InChI=1S/C24H30FN5O/c1-30(2)23-19-6-4-5-7-21(19)28-24(29-23)27-18-11-9-17(10-12-18)26-15-16-8-13-22(31-3)20(25)14-16/h4-8,13-14,17-18,26H,9-12,15H2,1-3H3,(H,27,28,29). The topological polar surface area (TPSA) is 62.3 Å². The minimum absolute atomic E-state index is 0.281. The highest BCUT2D eigenvalue weighted by Gasteiger charge is 2.22. The van der Waals surface area contributed by atoms with E-state index in [0.29, 0.717) is 24.6 Å². The SMILES string of the molecule is COc1ccc(CNC2CCC(Nc3nc(N(C)C)c4ccccc4n3)CC2)cc1F. The summed E-state index contributed by atoms with van der Waals surface area (Å²) in [6.45, 7) is 0.656. The van der Waals surface area contributed by atoms with Crippen molar-refractivity contribution in [3.8, 4) is 5.75 Å². The molecule has 0 amide bonds. The number of aromatic nitrogens is 2. The predicted molar refractivity (Wildman–Crippen MR) is 123 cm³/mol. The summed E-state index contributed by atoms with van der Waals surface area (Å²) in [7, 11) is 5.49. The van der Waals surface area contributed by atoms with Gasteiger partial charge in [-0.15, -0.1) is 0 Å². The maximum Gasteiger partial charge on any atom is 0.225 e. The van der Waals surface area contributed by atoms with Crippen molar-refractivity contribution in [3.05, 3.63) is 53.8 Å². The molecule has 4 rings (SSSR count). The Balaban J connectivity index is 1.33. The van der Waals surface area contributed by atoms with Crippen LogP contribution in [0.4, 0.5) is 16.2 Å². The fourth-order valence-corrected chi connectivity index (χ4v) is 4.17. The lowest BCUT2D eigenvalue weighted by Crippen LogP contribution is -2.37. The Morgan fingerprint density at radius 1 is 1.03 bits per heavy atom. The van der Waals surface area contributed by atoms with E-state index in [0.717, 1.165) is 48.0 Å². The van der Waals surface area contributed by atoms with Gasteiger partial charge in [0, 0.05) is 38.1 Å². The molecule has 6 nitrogen and oxygen atoms in total. The number of ether oxygens (including phenoxy) is 1. The van der Waals surface area contributed by atoms with E-state index in [9.17, 15) is 4.39 Å². The fourth-order valence-electron chi connectivity index (χ4n) is 4.17. The number of benzene rings is 2. The van der Waals surface area contributed by atoms with Gasteiger partial charge in [-0.2, -0.15) is 4.98 Å². The fraction of sp³-hybridized carbons (Fsp3) is 0.417. The van der Waals surface area contributed by atoms with Crippen LogP contribution in [0, 0.1) is 5.82 Å². The second-order valence-electron chi connectivity index (χ2n) is 8.33. The summed E-state index contributed by atoms with van der Waals surface area (Å²) < 4.78 is 18.9. The van der Waals surface area contributed by atoms with Crippen molar-refractivity contribution in [2.45, 2.75) is 44.3 Å². The zero-order valence-corrected chi connectivity index (χ0v) is 18.4. The summed E-state index contributed by atoms with van der Waals surface area (Å²) in [6, 6.07) is 14.0. The predicted octanol–water partition coefficient (Wildman–Crippen LogP) is 4.36. The number of rotatable bonds is 7. The van der Waals surface area contributed by atoms with Crippen LogP contribution in [0.2, 0.25) is 0 Å². The van der Waals surface area contributed by atoms with Crippen molar-refractivity contribution < 1.29 is 9.13 Å². The highest BCUT2D eigenvalue weighted by Crippen LogP contribution is 2.26. The molecular weight excluding hydrogens is 393 g/mol. The van der Waals surface area contributed by atoms with E-state index in [4.69, 9.17) is 14.7 Å². The highest BCUT2D eigenvalue weighted by molar-refractivity contribution is 5.90. The van der Waals surface area contributed by atoms with E-state index in [1.54, 1.807) is 12.1 Å². The molecule has 2 aromatic carbocycles. The van der Waals surface area contributed by atoms with Gasteiger partial charge in [-0.25, -0.2) is 9.37 Å². The third-order valence-electron chi connectivity index (χ3n) is 5.88. The number of methoxy groups -OCH3 is 1. The number of hydrogen-bond donors (Lipinski definition) is 2. The van der Waals surface area contributed by atoms with E-state index >= 15 is 0 Å². The number of nitrogens with one attached hydrogen (secondary N) is 2. The Morgan fingerprint density at radius 3 is 2.48 bits per heavy atom. The molecule has 0 bridgehead atoms. The molecule has 1 heterocycles. The summed E-state index contributed by atoms with van der Waals surface area (Å²) in [5.74, 6) is 1.58. The normalized spacial score (nSPS) is 18.7. The molecule has 2 N–H and O–H groups in total. The lowest BCUT2D eigenvalue weighted by molar-refractivity contribution is 0.351. The van der Waals surface area contributed by atoms with Crippen LogP contribution in [0.3, 0.4) is 0 Å². The van der Waals surface area contributed by atoms with E-state index in [2.05, 4.69) is 16.7 Å². The average Bonchev–Trinajstić information content (AvgIpc) is 2.78. The van der Waals surface area contributed by atoms with Gasteiger partial charge in [-0.05, 0) is 55.5 Å². The zero-order chi connectivity index (χ0) is 21.8. The second-order valence-corrected chi connectivity index (χ2v) is 8.33. The van der Waals surface area contributed by atoms with Crippen LogP contribution >= 0.6 is 0 Å². The smallest absolute Gasteiger partial charge is 0.225 e. The lowest BCUT2D eigenvalue weighted by atomic mass is 9.91. The molecule has 7 heteroatoms. The van der Waals surface area contributed by atoms with Gasteiger partial charge in [0.1, 0.15) is 5.82 Å². The van der Waals surface area contributed by atoms with E-state index in [1.807, 2.05) is 43.3 Å². The van der Waals surface area contributed by atoms with Crippen LogP contribution in [0.5, 0.6) is 5.75 Å². The number of halogens is 1. The molecule has 1 aliphatic carbocycles. The minimum atomic E-state index is -0.317. The summed E-state index contributed by atoms with van der Waals surface area (Å²) in [5, 5.41) is 8.16. The quantitative estimate of drug-likeness (QED) is 0.589. The third-order valence-corrected chi connectivity index (χ3v) is 5.88. The maximum absolute atomic E-state index is 13.9. The van der Waals surface area contributed by atoms with Gasteiger partial charge in [0.2, 0.25) is 5.95 Å². The molecule has 1 aliphatic rings. The molecule has 0 spiro atoms. The molecule has 31 heavy (non-hydrogen) atoms. The van der Waals surface area contributed by atoms with Crippen molar-refractivity contribution in [3.63, 3.8) is 0 Å². The Labute approximate surface area is 182 Å². The first-order valence-electron chi connectivity index (χ1n) is 10.8. The molecule has 1 saturated carbocycles. The summed E-state index contributed by atoms with van der Waals surface area (Å²) in [6.07, 6.45) is 4.21. The van der Waals surface area contributed by atoms with Crippen molar-refractivity contribution >= 4 is 22.7 Å². The van der Waals surface area contributed by atoms with Crippen LogP contribution in [-0.4, -0.2) is 43.3 Å². The molecule has 0 atom stereocenters. The summed E-state index contributed by atoms with van der Waals surface area (Å²) >= 11 is 0. The van der Waals surface area contributed by atoms with Gasteiger partial charge in [0.05, 0.1) is 12.6 Å². The number of anilines is 2. The molecule has 0 unspecified atom stereocenters. The van der Waals surface area contributed by atoms with Gasteiger partial charge in [-0.3, -0.25) is 0 Å². The average molecular weight is 424 g/mol. The Kier molecular flexibility index (Phi) is 6.51. The maximum atomic E-state index is 13.9. The van der Waals surface area contributed by atoms with Crippen molar-refractivity contribution in [2.75, 3.05) is 31.4 Å². The Morgan fingerprint density at radius 2 is 1.77 bits per heavy atom. The van der Waals surface area contributed by atoms with Gasteiger partial charge in [0.25, 0.3) is 0 Å². The second kappa shape index (κ2) is 9.47. The van der Waals surface area contributed by atoms with E-state index in [-0.39, 0.29) is 11.6 Å². The van der Waals surface area contributed by atoms with Crippen LogP contribution < -0.4 is 20.3 Å². The van der Waals surface area contributed by atoms with Crippen LogP contribution in [0.15, 0.2) is 42.5 Å². The van der Waals surface area contributed by atoms with Crippen LogP contribution in [0.1, 0.15) is 31.2 Å². The Hall–Kier alpha value is -2.93. The van der Waals surface area contributed by atoms with Crippen molar-refractivity contribution in [1.29, 1.82) is 0 Å². The van der Waals surface area contributed by atoms with Crippen LogP contribution in [0.25, 0.3) is 10.9 Å². The highest BCUT2D eigenvalue weighted by atomic mass is 19.1. The molecule has 1 aromatic heterocycles. The first-order valence-corrected chi connectivity index (χ1v) is 10.8. The molecule has 164 valence electrons. The zero-order valence-electron chi connectivity index (χ0n) is 18.4. The number of hydrogen-bond acceptors (Lipinski definition) is 6. The lowest BCUT2D eigenvalue weighted by Gasteiger charge is -2.30. The van der Waals surface area contributed by atoms with Gasteiger partial charge in [0.15, 0.2) is 11.6 Å². The van der Waals surface area contributed by atoms with E-state index in [1.165, 1.54) is 7.11 Å². The van der Waals surface area contributed by atoms with E-state index < -0.39 is 0 Å². The van der Waals surface area contributed by atoms with Gasteiger partial charge >= 0.3 is 0 Å². The molecular formula is C24H30FN5O. The summed E-state index contributed by atoms with van der Waals surface area (Å²) in [5.41, 5.74) is 1.88. The third kappa shape index (κ3) is 5.05. The monoisotopic (exact) mass is 423 g/mol. The summed E-state index contributed by atoms with van der Waals surface area (Å²) in [4.78, 5) is 11.5. The van der Waals surface area contributed by atoms with Crippen molar-refractivity contribution in [2.24, 2.45) is 0 Å². The molecule has 0 aliphatic heterocycles. The number of para-hydroxylation sites is 1. The minimum Gasteiger partial charge on any atom is -0.494 e. The molecule has 1 fully saturated rings. The number of nitrogens with zero attached hydrogens (tertiary/aromatic N) is 3. The van der Waals surface area contributed by atoms with Crippen LogP contribution in [-0.2, 0) is 6.54 Å². The largest absolute Gasteiger partial charge is 0.494 e. The van der Waals surface area contributed by atoms with Crippen molar-refractivity contribution in [1.82, 2.24) is 15.3 Å². The number of fused-ring (bicyclic) bond motifs is 1.